The van der Waals surface area contributed by atoms with Gasteiger partial charge in [0.05, 0.1) is 19.1 Å². The van der Waals surface area contributed by atoms with Gasteiger partial charge in [-0.15, -0.1) is 0 Å². The maximum absolute atomic E-state index is 11.9. The number of aryl methyl sites for hydroxylation is 1. The number of rotatable bonds is 8. The first kappa shape index (κ1) is 18.3. The zero-order valence-electron chi connectivity index (χ0n) is 14.1. The van der Waals surface area contributed by atoms with E-state index >= 15 is 0 Å². The monoisotopic (exact) mass is 345 g/mol. The highest BCUT2D eigenvalue weighted by molar-refractivity contribution is 5.69. The minimum Gasteiger partial charge on any atom is -0.497 e. The Hall–Kier alpha value is -3.09. The van der Waals surface area contributed by atoms with E-state index in [1.165, 1.54) is 25.3 Å². The summed E-state index contributed by atoms with van der Waals surface area (Å²) in [7, 11) is 3.05. The number of non-ortho nitro benzene ring substituents is 1. The smallest absolute Gasteiger partial charge is 0.306 e. The van der Waals surface area contributed by atoms with Gasteiger partial charge in [-0.25, -0.2) is 0 Å². The lowest BCUT2D eigenvalue weighted by molar-refractivity contribution is -0.385. The minimum atomic E-state index is -0.506. The molecule has 0 N–H and O–H groups in total. The van der Waals surface area contributed by atoms with Crippen LogP contribution in [0.15, 0.2) is 42.5 Å². The highest BCUT2D eigenvalue weighted by Crippen LogP contribution is 2.24. The molecular weight excluding hydrogens is 326 g/mol. The SMILES string of the molecule is COc1ccc(CCC(=O)OCc2cc([N+](=O)[O-])ccc2OC)cc1. The Morgan fingerprint density at radius 1 is 1.08 bits per heavy atom. The molecule has 0 spiro atoms. The van der Waals surface area contributed by atoms with Gasteiger partial charge in [0.25, 0.3) is 5.69 Å². The van der Waals surface area contributed by atoms with Gasteiger partial charge in [0.15, 0.2) is 0 Å². The molecule has 0 aliphatic heterocycles. The van der Waals surface area contributed by atoms with Crippen molar-refractivity contribution in [2.75, 3.05) is 14.2 Å². The van der Waals surface area contributed by atoms with Gasteiger partial charge in [0, 0.05) is 24.1 Å². The van der Waals surface area contributed by atoms with Crippen LogP contribution in [0, 0.1) is 10.1 Å². The Balaban J connectivity index is 1.90. The van der Waals surface area contributed by atoms with Crippen molar-refractivity contribution in [3.8, 4) is 11.5 Å². The summed E-state index contributed by atoms with van der Waals surface area (Å²) in [6.07, 6.45) is 0.748. The van der Waals surface area contributed by atoms with Gasteiger partial charge < -0.3 is 14.2 Å². The molecule has 0 heterocycles. The zero-order valence-corrected chi connectivity index (χ0v) is 14.1. The fourth-order valence-electron chi connectivity index (χ4n) is 2.26. The van der Waals surface area contributed by atoms with Gasteiger partial charge in [-0.05, 0) is 30.2 Å². The minimum absolute atomic E-state index is 0.0771. The summed E-state index contributed by atoms with van der Waals surface area (Å²) in [4.78, 5) is 22.2. The molecule has 2 rings (SSSR count). The molecule has 0 saturated heterocycles. The highest BCUT2D eigenvalue weighted by Gasteiger charge is 2.13. The van der Waals surface area contributed by atoms with Crippen molar-refractivity contribution in [2.24, 2.45) is 0 Å². The van der Waals surface area contributed by atoms with Crippen molar-refractivity contribution in [3.63, 3.8) is 0 Å². The molecule has 0 aliphatic rings. The van der Waals surface area contributed by atoms with Crippen molar-refractivity contribution < 1.29 is 23.9 Å². The quantitative estimate of drug-likeness (QED) is 0.414. The molecule has 0 aromatic heterocycles. The fraction of sp³-hybridized carbons (Fsp3) is 0.278. The lowest BCUT2D eigenvalue weighted by atomic mass is 10.1. The molecule has 0 amide bonds. The third-order valence-electron chi connectivity index (χ3n) is 3.64. The number of hydrogen-bond donors (Lipinski definition) is 0. The summed E-state index contributed by atoms with van der Waals surface area (Å²) in [5.74, 6) is 0.807. The van der Waals surface area contributed by atoms with E-state index in [0.717, 1.165) is 11.3 Å². The van der Waals surface area contributed by atoms with Gasteiger partial charge in [-0.1, -0.05) is 12.1 Å². The summed E-state index contributed by atoms with van der Waals surface area (Å²) in [6.45, 7) is -0.0771. The first-order chi connectivity index (χ1) is 12.0. The molecule has 2 aromatic carbocycles. The Labute approximate surface area is 145 Å². The molecule has 0 fully saturated rings. The van der Waals surface area contributed by atoms with Crippen LogP contribution in [0.5, 0.6) is 11.5 Å². The third-order valence-corrected chi connectivity index (χ3v) is 3.64. The van der Waals surface area contributed by atoms with Crippen LogP contribution in [0.2, 0.25) is 0 Å². The Morgan fingerprint density at radius 3 is 2.40 bits per heavy atom. The summed E-state index contributed by atoms with van der Waals surface area (Å²) >= 11 is 0. The van der Waals surface area contributed by atoms with Crippen molar-refractivity contribution >= 4 is 11.7 Å². The predicted octanol–water partition coefficient (Wildman–Crippen LogP) is 3.29. The van der Waals surface area contributed by atoms with Crippen LogP contribution < -0.4 is 9.47 Å². The number of nitro groups is 1. The second-order valence-corrected chi connectivity index (χ2v) is 5.26. The van der Waals surface area contributed by atoms with Gasteiger partial charge in [-0.3, -0.25) is 14.9 Å². The first-order valence-electron chi connectivity index (χ1n) is 7.63. The summed E-state index contributed by atoms with van der Waals surface area (Å²) in [5.41, 5.74) is 1.37. The fourth-order valence-corrected chi connectivity index (χ4v) is 2.26. The number of esters is 1. The lowest BCUT2D eigenvalue weighted by Crippen LogP contribution is -2.07. The number of hydrogen-bond acceptors (Lipinski definition) is 6. The maximum atomic E-state index is 11.9. The van der Waals surface area contributed by atoms with E-state index in [2.05, 4.69) is 0 Å². The van der Waals surface area contributed by atoms with Crippen molar-refractivity contribution in [1.82, 2.24) is 0 Å². The molecular formula is C18H19NO6. The largest absolute Gasteiger partial charge is 0.497 e. The number of methoxy groups -OCH3 is 2. The topological polar surface area (TPSA) is 87.9 Å². The van der Waals surface area contributed by atoms with Gasteiger partial charge in [-0.2, -0.15) is 0 Å². The van der Waals surface area contributed by atoms with Crippen molar-refractivity contribution in [2.45, 2.75) is 19.4 Å². The molecule has 7 heteroatoms. The van der Waals surface area contributed by atoms with Crippen LogP contribution in [-0.2, 0) is 22.6 Å². The molecule has 25 heavy (non-hydrogen) atoms. The van der Waals surface area contributed by atoms with Gasteiger partial charge in [0.1, 0.15) is 18.1 Å². The summed E-state index contributed by atoms with van der Waals surface area (Å²) in [5, 5.41) is 10.8. The highest BCUT2D eigenvalue weighted by atomic mass is 16.6. The van der Waals surface area contributed by atoms with Crippen molar-refractivity contribution in [3.05, 3.63) is 63.7 Å². The average molecular weight is 345 g/mol. The lowest BCUT2D eigenvalue weighted by Gasteiger charge is -2.09. The standard InChI is InChI=1S/C18H19NO6/c1-23-16-7-3-13(4-8-16)5-10-18(20)25-12-14-11-15(19(21)22)6-9-17(14)24-2/h3-4,6-9,11H,5,10,12H2,1-2H3. The second kappa shape index (κ2) is 8.68. The normalized spacial score (nSPS) is 10.2. The Kier molecular flexibility index (Phi) is 6.33. The number of benzene rings is 2. The molecule has 0 bridgehead atoms. The van der Waals surface area contributed by atoms with E-state index in [9.17, 15) is 14.9 Å². The molecule has 0 unspecified atom stereocenters. The van der Waals surface area contributed by atoms with Crippen LogP contribution in [0.25, 0.3) is 0 Å². The van der Waals surface area contributed by atoms with E-state index in [0.29, 0.717) is 17.7 Å². The molecule has 2 aromatic rings. The Morgan fingerprint density at radius 2 is 1.80 bits per heavy atom. The molecule has 0 saturated carbocycles. The second-order valence-electron chi connectivity index (χ2n) is 5.26. The average Bonchev–Trinajstić information content (AvgIpc) is 2.64. The number of nitro benzene ring substituents is 1. The van der Waals surface area contributed by atoms with E-state index in [-0.39, 0.29) is 24.7 Å². The van der Waals surface area contributed by atoms with Crippen LogP contribution in [0.1, 0.15) is 17.5 Å². The third kappa shape index (κ3) is 5.20. The summed E-state index contributed by atoms with van der Waals surface area (Å²) < 4.78 is 15.4. The van der Waals surface area contributed by atoms with Crippen LogP contribution in [0.3, 0.4) is 0 Å². The molecule has 0 atom stereocenters. The predicted molar refractivity (Wildman–Crippen MR) is 90.8 cm³/mol. The molecule has 0 radical (unpaired) electrons. The summed E-state index contributed by atoms with van der Waals surface area (Å²) in [6, 6.07) is 11.6. The number of nitrogens with zero attached hydrogens (tertiary/aromatic N) is 1. The molecule has 7 nitrogen and oxygen atoms in total. The van der Waals surface area contributed by atoms with Gasteiger partial charge in [0.2, 0.25) is 0 Å². The van der Waals surface area contributed by atoms with Crippen LogP contribution in [-0.4, -0.2) is 25.1 Å². The first-order valence-corrected chi connectivity index (χ1v) is 7.63. The number of carbonyl (C=O) groups excluding carboxylic acids is 1. The number of ether oxygens (including phenoxy) is 3. The van der Waals surface area contributed by atoms with E-state index in [4.69, 9.17) is 14.2 Å². The van der Waals surface area contributed by atoms with Crippen LogP contribution >= 0.6 is 0 Å². The van der Waals surface area contributed by atoms with Crippen LogP contribution in [0.4, 0.5) is 5.69 Å². The number of carbonyl (C=O) groups is 1. The maximum Gasteiger partial charge on any atom is 0.306 e. The van der Waals surface area contributed by atoms with E-state index < -0.39 is 4.92 Å². The zero-order chi connectivity index (χ0) is 18.2. The van der Waals surface area contributed by atoms with E-state index in [1.54, 1.807) is 7.11 Å². The molecule has 132 valence electrons. The van der Waals surface area contributed by atoms with Crippen molar-refractivity contribution in [1.29, 1.82) is 0 Å². The molecule has 0 aliphatic carbocycles. The van der Waals surface area contributed by atoms with Gasteiger partial charge >= 0.3 is 5.97 Å². The Bertz CT molecular complexity index is 742. The van der Waals surface area contributed by atoms with E-state index in [1.807, 2.05) is 24.3 Å².